The second-order valence-corrected chi connectivity index (χ2v) is 5.56. The molecule has 6 heteroatoms. The van der Waals surface area contributed by atoms with Crippen LogP contribution in [0.1, 0.15) is 12.1 Å². The molecule has 21 heavy (non-hydrogen) atoms. The van der Waals surface area contributed by atoms with Gasteiger partial charge < -0.3 is 10.4 Å². The lowest BCUT2D eigenvalue weighted by molar-refractivity contribution is 0.276. The number of hydrogen-bond donors (Lipinski definition) is 2. The molecule has 0 bridgehead atoms. The van der Waals surface area contributed by atoms with Crippen LogP contribution in [0.2, 0.25) is 0 Å². The summed E-state index contributed by atoms with van der Waals surface area (Å²) in [6.45, 7) is 5.23. The van der Waals surface area contributed by atoms with Crippen molar-refractivity contribution in [1.82, 2.24) is 15.0 Å². The largest absolute Gasteiger partial charge is 0.396 e. The predicted molar refractivity (Wildman–Crippen MR) is 86.4 cm³/mol. The van der Waals surface area contributed by atoms with E-state index in [1.807, 2.05) is 24.4 Å². The van der Waals surface area contributed by atoms with Gasteiger partial charge in [0.05, 0.1) is 12.7 Å². The zero-order chi connectivity index (χ0) is 14.9. The van der Waals surface area contributed by atoms with Crippen LogP contribution in [0.3, 0.4) is 0 Å². The first-order chi connectivity index (χ1) is 10.3. The van der Waals surface area contributed by atoms with Crippen molar-refractivity contribution in [2.45, 2.75) is 24.4 Å². The van der Waals surface area contributed by atoms with Gasteiger partial charge in [0.1, 0.15) is 5.69 Å². The van der Waals surface area contributed by atoms with Crippen molar-refractivity contribution in [2.75, 3.05) is 17.7 Å². The molecule has 0 saturated carbocycles. The summed E-state index contributed by atoms with van der Waals surface area (Å²) < 4.78 is 1.76. The molecule has 0 unspecified atom stereocenters. The van der Waals surface area contributed by atoms with Gasteiger partial charge in [-0.15, -0.1) is 23.4 Å². The highest BCUT2D eigenvalue weighted by Gasteiger charge is 2.04. The molecular weight excluding hydrogens is 284 g/mol. The fourth-order valence-corrected chi connectivity index (χ4v) is 2.60. The van der Waals surface area contributed by atoms with Crippen LogP contribution in [0.5, 0.6) is 0 Å². The second kappa shape index (κ2) is 8.49. The zero-order valence-electron chi connectivity index (χ0n) is 11.9. The third kappa shape index (κ3) is 4.91. The number of thioether (sulfide) groups is 1. The number of rotatable bonds is 9. The highest BCUT2D eigenvalue weighted by molar-refractivity contribution is 7.99. The van der Waals surface area contributed by atoms with E-state index in [4.69, 9.17) is 5.11 Å². The molecule has 2 N–H and O–H groups in total. The van der Waals surface area contributed by atoms with E-state index >= 15 is 0 Å². The Hall–Kier alpha value is -1.79. The minimum Gasteiger partial charge on any atom is -0.396 e. The number of aliphatic hydroxyl groups excluding tert-OH is 1. The first kappa shape index (κ1) is 15.6. The minimum absolute atomic E-state index is 0.168. The van der Waals surface area contributed by atoms with E-state index in [1.54, 1.807) is 16.4 Å². The first-order valence-corrected chi connectivity index (χ1v) is 7.88. The summed E-state index contributed by atoms with van der Waals surface area (Å²) in [6.07, 6.45) is 4.49. The number of nitrogens with zero attached hydrogens (tertiary/aromatic N) is 3. The Bertz CT molecular complexity index is 570. The lowest BCUT2D eigenvalue weighted by Crippen LogP contribution is -2.01. The average Bonchev–Trinajstić information content (AvgIpc) is 2.97. The standard InChI is InChI=1S/C15H20N4OS/c1-2-10-21-15-7-4-3-6-14(15)16-11-13-12-19(18-17-13)8-5-9-20/h2-4,6-7,12,16,20H,1,5,8-11H2. The topological polar surface area (TPSA) is 63.0 Å². The van der Waals surface area contributed by atoms with E-state index in [0.717, 1.165) is 17.1 Å². The van der Waals surface area contributed by atoms with Crippen molar-refractivity contribution in [1.29, 1.82) is 0 Å². The Morgan fingerprint density at radius 1 is 1.38 bits per heavy atom. The van der Waals surface area contributed by atoms with Crippen molar-refractivity contribution in [2.24, 2.45) is 0 Å². The fraction of sp³-hybridized carbons (Fsp3) is 0.333. The van der Waals surface area contributed by atoms with Gasteiger partial charge in [-0.05, 0) is 18.6 Å². The quantitative estimate of drug-likeness (QED) is 0.550. The molecule has 0 fully saturated rings. The summed E-state index contributed by atoms with van der Waals surface area (Å²) in [5.74, 6) is 0.885. The first-order valence-electron chi connectivity index (χ1n) is 6.90. The summed E-state index contributed by atoms with van der Waals surface area (Å²) in [5, 5.41) is 20.3. The lowest BCUT2D eigenvalue weighted by Gasteiger charge is -2.09. The Kier molecular flexibility index (Phi) is 6.30. The van der Waals surface area contributed by atoms with E-state index in [9.17, 15) is 0 Å². The molecule has 0 spiro atoms. The maximum absolute atomic E-state index is 8.80. The van der Waals surface area contributed by atoms with Crippen molar-refractivity contribution < 1.29 is 5.11 Å². The van der Waals surface area contributed by atoms with Gasteiger partial charge in [0.2, 0.25) is 0 Å². The van der Waals surface area contributed by atoms with E-state index in [2.05, 4.69) is 34.3 Å². The number of anilines is 1. The maximum Gasteiger partial charge on any atom is 0.102 e. The van der Waals surface area contributed by atoms with Crippen LogP contribution >= 0.6 is 11.8 Å². The summed E-state index contributed by atoms with van der Waals surface area (Å²) in [5.41, 5.74) is 1.98. The Labute approximate surface area is 129 Å². The van der Waals surface area contributed by atoms with Gasteiger partial charge >= 0.3 is 0 Å². The number of aliphatic hydroxyl groups is 1. The van der Waals surface area contributed by atoms with Crippen LogP contribution in [-0.2, 0) is 13.1 Å². The molecule has 0 saturated heterocycles. The zero-order valence-corrected chi connectivity index (χ0v) is 12.7. The molecule has 1 heterocycles. The van der Waals surface area contributed by atoms with Crippen molar-refractivity contribution in [3.05, 3.63) is 48.8 Å². The molecule has 5 nitrogen and oxygen atoms in total. The highest BCUT2D eigenvalue weighted by atomic mass is 32.2. The van der Waals surface area contributed by atoms with Gasteiger partial charge in [0.25, 0.3) is 0 Å². The molecular formula is C15H20N4OS. The van der Waals surface area contributed by atoms with E-state index < -0.39 is 0 Å². The third-order valence-corrected chi connectivity index (χ3v) is 3.90. The van der Waals surface area contributed by atoms with Gasteiger partial charge in [-0.3, -0.25) is 4.68 Å². The summed E-state index contributed by atoms with van der Waals surface area (Å²) >= 11 is 1.75. The van der Waals surface area contributed by atoms with Crippen molar-refractivity contribution in [3.63, 3.8) is 0 Å². The summed E-state index contributed by atoms with van der Waals surface area (Å²) in [6, 6.07) is 8.19. The Balaban J connectivity index is 1.93. The molecule has 0 aliphatic heterocycles. The molecule has 2 rings (SSSR count). The predicted octanol–water partition coefficient (Wildman–Crippen LogP) is 2.55. The number of benzene rings is 1. The van der Waals surface area contributed by atoms with Gasteiger partial charge in [-0.1, -0.05) is 23.4 Å². The van der Waals surface area contributed by atoms with Crippen molar-refractivity contribution >= 4 is 17.4 Å². The number of hydrogen-bond acceptors (Lipinski definition) is 5. The fourth-order valence-electron chi connectivity index (χ4n) is 1.83. The maximum atomic E-state index is 8.80. The molecule has 2 aromatic rings. The summed E-state index contributed by atoms with van der Waals surface area (Å²) in [4.78, 5) is 1.20. The van der Waals surface area contributed by atoms with Gasteiger partial charge in [0, 0.05) is 29.5 Å². The minimum atomic E-state index is 0.168. The van der Waals surface area contributed by atoms with Gasteiger partial charge in [-0.25, -0.2) is 0 Å². The van der Waals surface area contributed by atoms with Crippen LogP contribution in [0, 0.1) is 0 Å². The van der Waals surface area contributed by atoms with E-state index in [0.29, 0.717) is 19.5 Å². The van der Waals surface area contributed by atoms with Gasteiger partial charge in [0.15, 0.2) is 0 Å². The molecule has 0 aliphatic rings. The summed E-state index contributed by atoms with van der Waals surface area (Å²) in [7, 11) is 0. The van der Waals surface area contributed by atoms with E-state index in [-0.39, 0.29) is 6.61 Å². The molecule has 1 aromatic carbocycles. The number of aromatic nitrogens is 3. The molecule has 0 atom stereocenters. The van der Waals surface area contributed by atoms with Crippen LogP contribution < -0.4 is 5.32 Å². The molecule has 1 aromatic heterocycles. The van der Waals surface area contributed by atoms with Crippen LogP contribution in [0.15, 0.2) is 48.0 Å². The van der Waals surface area contributed by atoms with Crippen molar-refractivity contribution in [3.8, 4) is 0 Å². The molecule has 0 radical (unpaired) electrons. The SMILES string of the molecule is C=CCSc1ccccc1NCc1cn(CCCO)nn1. The van der Waals surface area contributed by atoms with Crippen LogP contribution in [0.25, 0.3) is 0 Å². The normalized spacial score (nSPS) is 10.5. The van der Waals surface area contributed by atoms with Gasteiger partial charge in [-0.2, -0.15) is 0 Å². The van der Waals surface area contributed by atoms with E-state index in [1.165, 1.54) is 4.90 Å². The Morgan fingerprint density at radius 3 is 3.05 bits per heavy atom. The van der Waals surface area contributed by atoms with Crippen LogP contribution in [0.4, 0.5) is 5.69 Å². The molecule has 0 aliphatic carbocycles. The Morgan fingerprint density at radius 2 is 2.24 bits per heavy atom. The molecule has 0 amide bonds. The number of aryl methyl sites for hydroxylation is 1. The second-order valence-electron chi connectivity index (χ2n) is 4.50. The number of para-hydroxylation sites is 1. The average molecular weight is 304 g/mol. The smallest absolute Gasteiger partial charge is 0.102 e. The third-order valence-electron chi connectivity index (χ3n) is 2.84. The van der Waals surface area contributed by atoms with Crippen LogP contribution in [-0.4, -0.2) is 32.5 Å². The monoisotopic (exact) mass is 304 g/mol. The highest BCUT2D eigenvalue weighted by Crippen LogP contribution is 2.27. The number of nitrogens with one attached hydrogen (secondary N) is 1. The lowest BCUT2D eigenvalue weighted by atomic mass is 10.3. The molecule has 112 valence electrons.